The fraction of sp³-hybridized carbons (Fsp3) is 0.176. The summed E-state index contributed by atoms with van der Waals surface area (Å²) in [7, 11) is -4.45. The van der Waals surface area contributed by atoms with Crippen molar-refractivity contribution in [2.75, 3.05) is 0 Å². The summed E-state index contributed by atoms with van der Waals surface area (Å²) in [6.07, 6.45) is 3.13. The van der Waals surface area contributed by atoms with Crippen LogP contribution in [0.4, 0.5) is 4.39 Å². The summed E-state index contributed by atoms with van der Waals surface area (Å²) in [5.41, 5.74) is 0.546. The van der Waals surface area contributed by atoms with Gasteiger partial charge in [0.15, 0.2) is 5.82 Å². The van der Waals surface area contributed by atoms with Crippen molar-refractivity contribution >= 4 is 15.9 Å². The largest absolute Gasteiger partial charge is 0.339 e. The molecule has 10 heteroatoms. The molecule has 1 amide bonds. The number of nitrogens with zero attached hydrogens (tertiary/aromatic N) is 3. The molecular weight excluding hydrogens is 375 g/mol. The zero-order valence-corrected chi connectivity index (χ0v) is 14.6. The SMILES string of the molecule is O=C(NS(=O)(=O)c1ncccc1F)c1cccc(-c2noc(C3CC3)n2)c1. The molecule has 0 spiro atoms. The summed E-state index contributed by atoms with van der Waals surface area (Å²) in [5, 5.41) is 3.04. The van der Waals surface area contributed by atoms with E-state index in [0.717, 1.165) is 25.1 Å². The minimum absolute atomic E-state index is 0.0465. The van der Waals surface area contributed by atoms with E-state index in [4.69, 9.17) is 4.52 Å². The summed E-state index contributed by atoms with van der Waals surface area (Å²) in [4.78, 5) is 20.1. The number of hydrogen-bond donors (Lipinski definition) is 1. The quantitative estimate of drug-likeness (QED) is 0.713. The summed E-state index contributed by atoms with van der Waals surface area (Å²) >= 11 is 0. The lowest BCUT2D eigenvalue weighted by molar-refractivity contribution is 0.0981. The van der Waals surface area contributed by atoms with Gasteiger partial charge in [-0.25, -0.2) is 14.1 Å². The average molecular weight is 388 g/mol. The van der Waals surface area contributed by atoms with E-state index < -0.39 is 26.8 Å². The van der Waals surface area contributed by atoms with Crippen LogP contribution in [0.15, 0.2) is 52.1 Å². The predicted octanol–water partition coefficient (Wildman–Crippen LogP) is 2.27. The fourth-order valence-electron chi connectivity index (χ4n) is 2.45. The molecule has 0 unspecified atom stereocenters. The lowest BCUT2D eigenvalue weighted by atomic mass is 10.1. The number of sulfonamides is 1. The molecule has 2 heterocycles. The van der Waals surface area contributed by atoms with Gasteiger partial charge in [0, 0.05) is 23.2 Å². The van der Waals surface area contributed by atoms with E-state index in [1.54, 1.807) is 12.1 Å². The van der Waals surface area contributed by atoms with Crippen LogP contribution >= 0.6 is 0 Å². The number of carbonyl (C=O) groups excluding carboxylic acids is 1. The van der Waals surface area contributed by atoms with Crippen molar-refractivity contribution in [2.24, 2.45) is 0 Å². The van der Waals surface area contributed by atoms with Gasteiger partial charge in [-0.2, -0.15) is 13.4 Å². The predicted molar refractivity (Wildman–Crippen MR) is 90.6 cm³/mol. The van der Waals surface area contributed by atoms with Crippen molar-refractivity contribution in [3.05, 3.63) is 59.9 Å². The third kappa shape index (κ3) is 3.56. The monoisotopic (exact) mass is 388 g/mol. The van der Waals surface area contributed by atoms with Gasteiger partial charge in [-0.3, -0.25) is 4.79 Å². The Labute approximate surface area is 153 Å². The van der Waals surface area contributed by atoms with Crippen LogP contribution in [-0.2, 0) is 10.0 Å². The van der Waals surface area contributed by atoms with Gasteiger partial charge in [0.2, 0.25) is 16.7 Å². The molecule has 1 aliphatic carbocycles. The van der Waals surface area contributed by atoms with Gasteiger partial charge in [0.05, 0.1) is 0 Å². The Morgan fingerprint density at radius 2 is 2.04 bits per heavy atom. The first-order valence-electron chi connectivity index (χ1n) is 8.06. The number of hydrogen-bond acceptors (Lipinski definition) is 7. The molecule has 0 aliphatic heterocycles. The third-order valence-corrected chi connectivity index (χ3v) is 5.22. The molecule has 0 bridgehead atoms. The standard InChI is InChI=1S/C17H13FN4O4S/c18-13-5-2-8-19-17(13)27(24,25)22-15(23)12-4-1-3-11(9-12)14-20-16(26-21-14)10-6-7-10/h1-5,8-10H,6-7H2,(H,22,23). The van der Waals surface area contributed by atoms with Crippen molar-refractivity contribution in [3.8, 4) is 11.4 Å². The first-order chi connectivity index (χ1) is 12.9. The number of rotatable bonds is 5. The number of halogens is 1. The minimum atomic E-state index is -4.45. The molecule has 2 aromatic heterocycles. The van der Waals surface area contributed by atoms with Gasteiger partial charge in [-0.1, -0.05) is 17.3 Å². The normalized spacial score (nSPS) is 14.1. The summed E-state index contributed by atoms with van der Waals surface area (Å²) in [6.45, 7) is 0. The number of pyridine rings is 1. The number of benzene rings is 1. The van der Waals surface area contributed by atoms with Crippen LogP contribution in [-0.4, -0.2) is 29.4 Å². The van der Waals surface area contributed by atoms with Gasteiger partial charge < -0.3 is 4.52 Å². The molecule has 1 saturated carbocycles. The summed E-state index contributed by atoms with van der Waals surface area (Å²) in [5.74, 6) is -0.826. The van der Waals surface area contributed by atoms with E-state index in [9.17, 15) is 17.6 Å². The Bertz CT molecular complexity index is 1130. The van der Waals surface area contributed by atoms with Crippen molar-refractivity contribution in [1.29, 1.82) is 0 Å². The van der Waals surface area contributed by atoms with Gasteiger partial charge in [-0.15, -0.1) is 0 Å². The van der Waals surface area contributed by atoms with Crippen LogP contribution in [0.5, 0.6) is 0 Å². The van der Waals surface area contributed by atoms with Crippen molar-refractivity contribution in [2.45, 2.75) is 23.8 Å². The molecule has 4 rings (SSSR count). The van der Waals surface area contributed by atoms with Gasteiger partial charge in [-0.05, 0) is 37.1 Å². The van der Waals surface area contributed by atoms with Gasteiger partial charge >= 0.3 is 0 Å². The van der Waals surface area contributed by atoms with Crippen LogP contribution in [0.1, 0.15) is 35.0 Å². The second kappa shape index (κ2) is 6.54. The molecule has 8 nitrogen and oxygen atoms in total. The maximum absolute atomic E-state index is 13.7. The third-order valence-electron chi connectivity index (χ3n) is 3.96. The van der Waals surface area contributed by atoms with Crippen molar-refractivity contribution < 1.29 is 22.1 Å². The molecule has 0 saturated heterocycles. The molecule has 0 radical (unpaired) electrons. The topological polar surface area (TPSA) is 115 Å². The Kier molecular flexibility index (Phi) is 4.19. The van der Waals surface area contributed by atoms with E-state index in [0.29, 0.717) is 17.3 Å². The molecule has 1 aromatic carbocycles. The van der Waals surface area contributed by atoms with Crippen LogP contribution in [0.25, 0.3) is 11.4 Å². The Hall–Kier alpha value is -3.14. The zero-order valence-electron chi connectivity index (χ0n) is 13.8. The minimum Gasteiger partial charge on any atom is -0.339 e. The highest BCUT2D eigenvalue weighted by Gasteiger charge is 2.30. The Balaban J connectivity index is 1.58. The Morgan fingerprint density at radius 3 is 2.78 bits per heavy atom. The zero-order chi connectivity index (χ0) is 19.0. The van der Waals surface area contributed by atoms with Crippen LogP contribution in [0, 0.1) is 5.82 Å². The Morgan fingerprint density at radius 1 is 1.22 bits per heavy atom. The van der Waals surface area contributed by atoms with Crippen LogP contribution < -0.4 is 4.72 Å². The molecule has 27 heavy (non-hydrogen) atoms. The van der Waals surface area contributed by atoms with E-state index in [1.807, 2.05) is 4.72 Å². The average Bonchev–Trinajstić information content (AvgIpc) is 3.38. The first-order valence-corrected chi connectivity index (χ1v) is 9.54. The van der Waals surface area contributed by atoms with Crippen molar-refractivity contribution in [1.82, 2.24) is 19.8 Å². The summed E-state index contributed by atoms with van der Waals surface area (Å²) < 4.78 is 45.1. The van der Waals surface area contributed by atoms with E-state index >= 15 is 0 Å². The second-order valence-electron chi connectivity index (χ2n) is 6.04. The molecule has 3 aromatic rings. The van der Waals surface area contributed by atoms with E-state index in [2.05, 4.69) is 15.1 Å². The molecule has 0 atom stereocenters. The highest BCUT2D eigenvalue weighted by molar-refractivity contribution is 7.90. The second-order valence-corrected chi connectivity index (χ2v) is 7.63. The van der Waals surface area contributed by atoms with Crippen LogP contribution in [0.3, 0.4) is 0 Å². The highest BCUT2D eigenvalue weighted by atomic mass is 32.2. The van der Waals surface area contributed by atoms with Gasteiger partial charge in [0.1, 0.15) is 0 Å². The lowest BCUT2D eigenvalue weighted by Crippen LogP contribution is -2.31. The number of nitrogens with one attached hydrogen (secondary N) is 1. The number of amides is 1. The van der Waals surface area contributed by atoms with E-state index in [-0.39, 0.29) is 11.5 Å². The molecular formula is C17H13FN4O4S. The molecule has 1 aliphatic rings. The molecule has 1 N–H and O–H groups in total. The van der Waals surface area contributed by atoms with E-state index in [1.165, 1.54) is 18.2 Å². The van der Waals surface area contributed by atoms with Crippen molar-refractivity contribution in [3.63, 3.8) is 0 Å². The molecule has 138 valence electrons. The maximum Gasteiger partial charge on any atom is 0.284 e. The highest BCUT2D eigenvalue weighted by Crippen LogP contribution is 2.39. The lowest BCUT2D eigenvalue weighted by Gasteiger charge is -2.07. The first kappa shape index (κ1) is 17.3. The van der Waals surface area contributed by atoms with Gasteiger partial charge in [0.25, 0.3) is 15.9 Å². The van der Waals surface area contributed by atoms with Crippen LogP contribution in [0.2, 0.25) is 0 Å². The maximum atomic E-state index is 13.7. The number of carbonyl (C=O) groups is 1. The number of aromatic nitrogens is 3. The fourth-order valence-corrected chi connectivity index (χ4v) is 3.43. The molecule has 1 fully saturated rings. The summed E-state index contributed by atoms with van der Waals surface area (Å²) in [6, 6.07) is 8.28. The smallest absolute Gasteiger partial charge is 0.284 e.